The molecule has 1 aliphatic carbocycles. The molecule has 0 saturated heterocycles. The van der Waals surface area contributed by atoms with E-state index in [2.05, 4.69) is 4.72 Å². The summed E-state index contributed by atoms with van der Waals surface area (Å²) in [6.45, 7) is 2.14. The minimum Gasteiger partial charge on any atom is -0.464 e. The molecular weight excluding hydrogens is 266 g/mol. The van der Waals surface area contributed by atoms with Crippen LogP contribution >= 0.6 is 0 Å². The standard InChI is InChI=1S/C13H17NO4S/c1-10-9-12(10)13(15)18-8-7-14-19(16,17)11-5-3-2-4-6-11/h2-6,10,12,14H,7-9H2,1H3/t10-,12-/m0/s1. The Balaban J connectivity index is 1.75. The number of esters is 1. The summed E-state index contributed by atoms with van der Waals surface area (Å²) < 4.78 is 31.0. The van der Waals surface area contributed by atoms with Gasteiger partial charge in [-0.15, -0.1) is 0 Å². The molecule has 1 N–H and O–H groups in total. The number of ether oxygens (including phenoxy) is 1. The molecule has 104 valence electrons. The first-order valence-corrected chi connectivity index (χ1v) is 7.70. The monoisotopic (exact) mass is 283 g/mol. The van der Waals surface area contributed by atoms with Crippen LogP contribution in [0.2, 0.25) is 0 Å². The summed E-state index contributed by atoms with van der Waals surface area (Å²) in [5, 5.41) is 0. The first-order chi connectivity index (χ1) is 9.00. The molecule has 0 amide bonds. The van der Waals surface area contributed by atoms with Crippen LogP contribution in [0, 0.1) is 11.8 Å². The summed E-state index contributed by atoms with van der Waals surface area (Å²) >= 11 is 0. The van der Waals surface area contributed by atoms with E-state index in [0.717, 1.165) is 6.42 Å². The first kappa shape index (κ1) is 14.0. The largest absolute Gasteiger partial charge is 0.464 e. The maximum absolute atomic E-state index is 11.8. The van der Waals surface area contributed by atoms with Crippen molar-refractivity contribution in [3.05, 3.63) is 30.3 Å². The zero-order valence-corrected chi connectivity index (χ0v) is 11.5. The van der Waals surface area contributed by atoms with E-state index >= 15 is 0 Å². The second kappa shape index (κ2) is 5.71. The summed E-state index contributed by atoms with van der Waals surface area (Å²) in [6, 6.07) is 8.09. The number of hydrogen-bond acceptors (Lipinski definition) is 4. The van der Waals surface area contributed by atoms with E-state index in [0.29, 0.717) is 5.92 Å². The van der Waals surface area contributed by atoms with Crippen molar-refractivity contribution < 1.29 is 17.9 Å². The molecule has 0 unspecified atom stereocenters. The Hall–Kier alpha value is -1.40. The number of nitrogens with one attached hydrogen (secondary N) is 1. The fraction of sp³-hybridized carbons (Fsp3) is 0.462. The molecule has 0 heterocycles. The molecule has 0 spiro atoms. The lowest BCUT2D eigenvalue weighted by molar-refractivity contribution is -0.145. The molecule has 0 bridgehead atoms. The van der Waals surface area contributed by atoms with Crippen LogP contribution in [0.4, 0.5) is 0 Å². The van der Waals surface area contributed by atoms with Gasteiger partial charge in [0.15, 0.2) is 0 Å². The molecule has 2 rings (SSSR count). The molecule has 2 atom stereocenters. The third-order valence-corrected chi connectivity index (χ3v) is 4.58. The summed E-state index contributed by atoms with van der Waals surface area (Å²) in [4.78, 5) is 11.6. The highest BCUT2D eigenvalue weighted by Gasteiger charge is 2.40. The van der Waals surface area contributed by atoms with Crippen LogP contribution in [0.25, 0.3) is 0 Å². The van der Waals surface area contributed by atoms with Gasteiger partial charge < -0.3 is 4.74 Å². The fourth-order valence-electron chi connectivity index (χ4n) is 1.77. The van der Waals surface area contributed by atoms with Gasteiger partial charge >= 0.3 is 5.97 Å². The van der Waals surface area contributed by atoms with E-state index in [9.17, 15) is 13.2 Å². The molecule has 1 aliphatic rings. The van der Waals surface area contributed by atoms with Crippen LogP contribution in [0.15, 0.2) is 35.2 Å². The average Bonchev–Trinajstić information content (AvgIpc) is 3.13. The number of carbonyl (C=O) groups is 1. The maximum Gasteiger partial charge on any atom is 0.309 e. The van der Waals surface area contributed by atoms with Gasteiger partial charge in [0.25, 0.3) is 0 Å². The van der Waals surface area contributed by atoms with Crippen LogP contribution in [0.5, 0.6) is 0 Å². The molecule has 0 aliphatic heterocycles. The van der Waals surface area contributed by atoms with Crippen LogP contribution in [0.1, 0.15) is 13.3 Å². The lowest BCUT2D eigenvalue weighted by atomic mass is 10.3. The van der Waals surface area contributed by atoms with Crippen molar-refractivity contribution >= 4 is 16.0 Å². The Labute approximate surface area is 113 Å². The number of carbonyl (C=O) groups excluding carboxylic acids is 1. The number of sulfonamides is 1. The Morgan fingerprint density at radius 1 is 1.37 bits per heavy atom. The topological polar surface area (TPSA) is 72.5 Å². The molecule has 6 heteroatoms. The summed E-state index contributed by atoms with van der Waals surface area (Å²) in [5.41, 5.74) is 0. The lowest BCUT2D eigenvalue weighted by Crippen LogP contribution is -2.28. The minimum atomic E-state index is -3.51. The predicted molar refractivity (Wildman–Crippen MR) is 69.9 cm³/mol. The third kappa shape index (κ3) is 3.78. The van der Waals surface area contributed by atoms with Gasteiger partial charge in [0.05, 0.1) is 10.8 Å². The Kier molecular flexibility index (Phi) is 4.21. The van der Waals surface area contributed by atoms with E-state index in [1.54, 1.807) is 18.2 Å². The van der Waals surface area contributed by atoms with Crippen LogP contribution in [-0.2, 0) is 19.6 Å². The van der Waals surface area contributed by atoms with Crippen LogP contribution in [0.3, 0.4) is 0 Å². The van der Waals surface area contributed by atoms with Gasteiger partial charge in [-0.2, -0.15) is 0 Å². The SMILES string of the molecule is C[C@H]1C[C@@H]1C(=O)OCCNS(=O)(=O)c1ccccc1. The molecule has 19 heavy (non-hydrogen) atoms. The average molecular weight is 283 g/mol. The fourth-order valence-corrected chi connectivity index (χ4v) is 2.80. The summed E-state index contributed by atoms with van der Waals surface area (Å²) in [7, 11) is -3.51. The quantitative estimate of drug-likeness (QED) is 0.628. The number of rotatable bonds is 6. The van der Waals surface area contributed by atoms with Crippen LogP contribution in [-0.4, -0.2) is 27.5 Å². The van der Waals surface area contributed by atoms with Gasteiger partial charge in [-0.1, -0.05) is 25.1 Å². The van der Waals surface area contributed by atoms with E-state index in [4.69, 9.17) is 4.74 Å². The molecule has 0 aromatic heterocycles. The predicted octanol–water partition coefficient (Wildman–Crippen LogP) is 1.16. The highest BCUT2D eigenvalue weighted by atomic mass is 32.2. The smallest absolute Gasteiger partial charge is 0.309 e. The zero-order chi connectivity index (χ0) is 13.9. The first-order valence-electron chi connectivity index (χ1n) is 6.22. The lowest BCUT2D eigenvalue weighted by Gasteiger charge is -2.07. The molecule has 1 aromatic carbocycles. The van der Waals surface area contributed by atoms with E-state index in [1.165, 1.54) is 12.1 Å². The molecule has 1 saturated carbocycles. The Bertz CT molecular complexity index is 541. The van der Waals surface area contributed by atoms with Gasteiger partial charge in [-0.05, 0) is 24.5 Å². The van der Waals surface area contributed by atoms with Gasteiger partial charge in [0.2, 0.25) is 10.0 Å². The van der Waals surface area contributed by atoms with Gasteiger partial charge in [0.1, 0.15) is 6.61 Å². The zero-order valence-electron chi connectivity index (χ0n) is 10.7. The van der Waals surface area contributed by atoms with Gasteiger partial charge in [-0.3, -0.25) is 4.79 Å². The highest BCUT2D eigenvalue weighted by Crippen LogP contribution is 2.38. The minimum absolute atomic E-state index is 0.00531. The highest BCUT2D eigenvalue weighted by molar-refractivity contribution is 7.89. The molecular formula is C13H17NO4S. The van der Waals surface area contributed by atoms with Crippen molar-refractivity contribution in [3.8, 4) is 0 Å². The van der Waals surface area contributed by atoms with E-state index in [1.807, 2.05) is 6.92 Å². The van der Waals surface area contributed by atoms with Crippen molar-refractivity contribution in [2.75, 3.05) is 13.2 Å². The number of benzene rings is 1. The molecule has 1 aromatic rings. The molecule has 1 fully saturated rings. The van der Waals surface area contributed by atoms with Crippen molar-refractivity contribution in [1.82, 2.24) is 4.72 Å². The third-order valence-electron chi connectivity index (χ3n) is 3.10. The van der Waals surface area contributed by atoms with E-state index in [-0.39, 0.29) is 29.9 Å². The second-order valence-corrected chi connectivity index (χ2v) is 6.46. The van der Waals surface area contributed by atoms with Crippen molar-refractivity contribution in [2.45, 2.75) is 18.2 Å². The normalized spacial score (nSPS) is 21.9. The summed E-state index contributed by atoms with van der Waals surface area (Å²) in [5.74, 6) is 0.172. The van der Waals surface area contributed by atoms with Crippen molar-refractivity contribution in [2.24, 2.45) is 11.8 Å². The van der Waals surface area contributed by atoms with Gasteiger partial charge in [-0.25, -0.2) is 13.1 Å². The number of hydrogen-bond donors (Lipinski definition) is 1. The second-order valence-electron chi connectivity index (χ2n) is 4.70. The van der Waals surface area contributed by atoms with Crippen molar-refractivity contribution in [3.63, 3.8) is 0 Å². The van der Waals surface area contributed by atoms with Crippen molar-refractivity contribution in [1.29, 1.82) is 0 Å². The maximum atomic E-state index is 11.8. The molecule has 0 radical (unpaired) electrons. The summed E-state index contributed by atoms with van der Waals surface area (Å²) in [6.07, 6.45) is 0.870. The molecule has 5 nitrogen and oxygen atoms in total. The van der Waals surface area contributed by atoms with E-state index < -0.39 is 10.0 Å². The van der Waals surface area contributed by atoms with Crippen LogP contribution < -0.4 is 4.72 Å². The van der Waals surface area contributed by atoms with Gasteiger partial charge in [0, 0.05) is 6.54 Å². The Morgan fingerprint density at radius 3 is 2.58 bits per heavy atom. The Morgan fingerprint density at radius 2 is 2.00 bits per heavy atom.